The minimum absolute atomic E-state index is 0.208. The van der Waals surface area contributed by atoms with Gasteiger partial charge in [-0.05, 0) is 38.0 Å². The summed E-state index contributed by atoms with van der Waals surface area (Å²) >= 11 is 0. The Hall–Kier alpha value is -1.62. The predicted octanol–water partition coefficient (Wildman–Crippen LogP) is 1.30. The van der Waals surface area contributed by atoms with E-state index in [0.29, 0.717) is 19.4 Å². The van der Waals surface area contributed by atoms with Crippen molar-refractivity contribution >= 4 is 11.6 Å². The fraction of sp³-hybridized carbons (Fsp3) is 0.417. The summed E-state index contributed by atoms with van der Waals surface area (Å²) in [5, 5.41) is 11.7. The summed E-state index contributed by atoms with van der Waals surface area (Å²) in [6.07, 6.45) is 0.913. The van der Waals surface area contributed by atoms with Gasteiger partial charge in [0.05, 0.1) is 6.10 Å². The van der Waals surface area contributed by atoms with Crippen molar-refractivity contribution in [2.75, 3.05) is 12.3 Å². The van der Waals surface area contributed by atoms with E-state index in [9.17, 15) is 9.18 Å². The maximum atomic E-state index is 13.0. The average molecular weight is 240 g/mol. The van der Waals surface area contributed by atoms with Crippen molar-refractivity contribution in [3.8, 4) is 0 Å². The molecule has 1 unspecified atom stereocenters. The minimum atomic E-state index is -0.529. The Labute approximate surface area is 99.6 Å². The van der Waals surface area contributed by atoms with Crippen LogP contribution in [0.15, 0.2) is 18.2 Å². The monoisotopic (exact) mass is 240 g/mol. The molecule has 1 amide bonds. The van der Waals surface area contributed by atoms with E-state index in [1.807, 2.05) is 0 Å². The van der Waals surface area contributed by atoms with Crippen LogP contribution in [0.2, 0.25) is 0 Å². The van der Waals surface area contributed by atoms with Crippen molar-refractivity contribution in [1.29, 1.82) is 0 Å². The maximum Gasteiger partial charge on any atom is 0.251 e. The normalized spacial score (nSPS) is 12.2. The van der Waals surface area contributed by atoms with E-state index in [0.717, 1.165) is 12.1 Å². The number of anilines is 1. The largest absolute Gasteiger partial charge is 0.399 e. The summed E-state index contributed by atoms with van der Waals surface area (Å²) in [6.45, 7) is 2.13. The van der Waals surface area contributed by atoms with Crippen LogP contribution < -0.4 is 11.1 Å². The summed E-state index contributed by atoms with van der Waals surface area (Å²) in [5.74, 6) is -0.888. The third-order valence-corrected chi connectivity index (χ3v) is 2.27. The fourth-order valence-corrected chi connectivity index (χ4v) is 1.44. The number of halogens is 1. The van der Waals surface area contributed by atoms with Crippen LogP contribution in [0.25, 0.3) is 0 Å². The minimum Gasteiger partial charge on any atom is -0.399 e. The Morgan fingerprint density at radius 1 is 1.53 bits per heavy atom. The van der Waals surface area contributed by atoms with E-state index in [1.165, 1.54) is 6.07 Å². The molecule has 1 aromatic rings. The van der Waals surface area contributed by atoms with Crippen LogP contribution >= 0.6 is 0 Å². The van der Waals surface area contributed by atoms with Crippen molar-refractivity contribution in [2.24, 2.45) is 0 Å². The molecule has 1 atom stereocenters. The number of aliphatic hydroxyl groups excluding tert-OH is 1. The number of nitrogen functional groups attached to an aromatic ring is 1. The number of hydrogen-bond donors (Lipinski definition) is 3. The van der Waals surface area contributed by atoms with Crippen molar-refractivity contribution in [2.45, 2.75) is 25.9 Å². The lowest BCUT2D eigenvalue weighted by Crippen LogP contribution is -2.25. The Morgan fingerprint density at radius 2 is 2.24 bits per heavy atom. The Bertz CT molecular complexity index is 374. The lowest BCUT2D eigenvalue weighted by Gasteiger charge is -2.07. The van der Waals surface area contributed by atoms with Gasteiger partial charge in [-0.2, -0.15) is 0 Å². The summed E-state index contributed by atoms with van der Waals surface area (Å²) in [5.41, 5.74) is 5.87. The van der Waals surface area contributed by atoms with Gasteiger partial charge in [0, 0.05) is 17.8 Å². The molecule has 0 aliphatic heterocycles. The maximum absolute atomic E-state index is 13.0. The molecule has 0 bridgehead atoms. The van der Waals surface area contributed by atoms with Crippen LogP contribution in [0, 0.1) is 5.82 Å². The molecule has 0 saturated carbocycles. The first-order chi connectivity index (χ1) is 7.99. The number of carbonyl (C=O) groups is 1. The smallest absolute Gasteiger partial charge is 0.251 e. The van der Waals surface area contributed by atoms with Gasteiger partial charge < -0.3 is 16.2 Å². The second-order valence-corrected chi connectivity index (χ2v) is 4.02. The highest BCUT2D eigenvalue weighted by Crippen LogP contribution is 2.10. The summed E-state index contributed by atoms with van der Waals surface area (Å²) in [4.78, 5) is 11.6. The molecular formula is C12H17FN2O2. The SMILES string of the molecule is CC(O)CCCNC(=O)c1cc(N)cc(F)c1. The molecule has 0 saturated heterocycles. The van der Waals surface area contributed by atoms with Crippen LogP contribution in [0.1, 0.15) is 30.1 Å². The molecule has 17 heavy (non-hydrogen) atoms. The predicted molar refractivity (Wildman–Crippen MR) is 64.1 cm³/mol. The zero-order valence-corrected chi connectivity index (χ0v) is 9.74. The van der Waals surface area contributed by atoms with Crippen LogP contribution in [0.4, 0.5) is 10.1 Å². The van der Waals surface area contributed by atoms with Gasteiger partial charge in [0.1, 0.15) is 5.82 Å². The molecule has 1 aromatic carbocycles. The van der Waals surface area contributed by atoms with Crippen LogP contribution in [0.3, 0.4) is 0 Å². The molecule has 0 aliphatic carbocycles. The molecule has 4 nitrogen and oxygen atoms in total. The summed E-state index contributed by atoms with van der Waals surface area (Å²) < 4.78 is 13.0. The molecule has 5 heteroatoms. The van der Waals surface area contributed by atoms with E-state index in [4.69, 9.17) is 10.8 Å². The molecule has 0 fully saturated rings. The number of benzene rings is 1. The molecular weight excluding hydrogens is 223 g/mol. The molecule has 4 N–H and O–H groups in total. The Kier molecular flexibility index (Phi) is 4.90. The number of hydrogen-bond acceptors (Lipinski definition) is 3. The highest BCUT2D eigenvalue weighted by Gasteiger charge is 2.07. The number of amides is 1. The third-order valence-electron chi connectivity index (χ3n) is 2.27. The van der Waals surface area contributed by atoms with Crippen molar-refractivity contribution in [3.63, 3.8) is 0 Å². The average Bonchev–Trinajstić information content (AvgIpc) is 2.22. The Morgan fingerprint density at radius 3 is 2.82 bits per heavy atom. The number of nitrogens with one attached hydrogen (secondary N) is 1. The lowest BCUT2D eigenvalue weighted by atomic mass is 10.1. The van der Waals surface area contributed by atoms with Crippen molar-refractivity contribution in [1.82, 2.24) is 5.32 Å². The first-order valence-corrected chi connectivity index (χ1v) is 5.51. The van der Waals surface area contributed by atoms with E-state index < -0.39 is 5.82 Å². The quantitative estimate of drug-likeness (QED) is 0.536. The second-order valence-electron chi connectivity index (χ2n) is 4.02. The number of nitrogens with two attached hydrogens (primary N) is 1. The highest BCUT2D eigenvalue weighted by molar-refractivity contribution is 5.95. The zero-order valence-electron chi connectivity index (χ0n) is 9.74. The molecule has 94 valence electrons. The summed E-state index contributed by atoms with van der Waals surface area (Å²) in [6, 6.07) is 3.72. The van der Waals surface area contributed by atoms with Gasteiger partial charge in [0.15, 0.2) is 0 Å². The van der Waals surface area contributed by atoms with Gasteiger partial charge in [0.25, 0.3) is 5.91 Å². The van der Waals surface area contributed by atoms with E-state index >= 15 is 0 Å². The van der Waals surface area contributed by atoms with Gasteiger partial charge in [-0.3, -0.25) is 4.79 Å². The van der Waals surface area contributed by atoms with Gasteiger partial charge in [0.2, 0.25) is 0 Å². The number of carbonyl (C=O) groups excluding carboxylic acids is 1. The first kappa shape index (κ1) is 13.4. The van der Waals surface area contributed by atoms with E-state index in [1.54, 1.807) is 6.92 Å². The second kappa shape index (κ2) is 6.20. The Balaban J connectivity index is 2.47. The van der Waals surface area contributed by atoms with Gasteiger partial charge in [-0.1, -0.05) is 0 Å². The molecule has 0 radical (unpaired) electrons. The van der Waals surface area contributed by atoms with Crippen LogP contribution in [-0.4, -0.2) is 23.7 Å². The molecule has 0 aliphatic rings. The highest BCUT2D eigenvalue weighted by atomic mass is 19.1. The lowest BCUT2D eigenvalue weighted by molar-refractivity contribution is 0.0949. The molecule has 0 heterocycles. The van der Waals surface area contributed by atoms with Crippen molar-refractivity contribution < 1.29 is 14.3 Å². The number of rotatable bonds is 5. The summed E-state index contributed by atoms with van der Waals surface area (Å²) in [7, 11) is 0. The van der Waals surface area contributed by atoms with Crippen molar-refractivity contribution in [3.05, 3.63) is 29.6 Å². The van der Waals surface area contributed by atoms with Crippen LogP contribution in [-0.2, 0) is 0 Å². The molecule has 0 spiro atoms. The van der Waals surface area contributed by atoms with Gasteiger partial charge in [-0.15, -0.1) is 0 Å². The van der Waals surface area contributed by atoms with Gasteiger partial charge in [-0.25, -0.2) is 4.39 Å². The molecule has 0 aromatic heterocycles. The first-order valence-electron chi connectivity index (χ1n) is 5.51. The third kappa shape index (κ3) is 4.82. The van der Waals surface area contributed by atoms with E-state index in [2.05, 4.69) is 5.32 Å². The standard InChI is InChI=1S/C12H17FN2O2/c1-8(16)3-2-4-15-12(17)9-5-10(13)7-11(14)6-9/h5-8,16H,2-4,14H2,1H3,(H,15,17). The number of aliphatic hydroxyl groups is 1. The van der Waals surface area contributed by atoms with Gasteiger partial charge >= 0.3 is 0 Å². The topological polar surface area (TPSA) is 75.3 Å². The van der Waals surface area contributed by atoms with Crippen LogP contribution in [0.5, 0.6) is 0 Å². The van der Waals surface area contributed by atoms with E-state index in [-0.39, 0.29) is 23.3 Å². The zero-order chi connectivity index (χ0) is 12.8. The fourth-order valence-electron chi connectivity index (χ4n) is 1.44. The molecule has 1 rings (SSSR count).